The van der Waals surface area contributed by atoms with E-state index in [0.717, 1.165) is 0 Å². The maximum absolute atomic E-state index is 12.6. The third-order valence-electron chi connectivity index (χ3n) is 3.89. The Kier molecular flexibility index (Phi) is 6.38. The Morgan fingerprint density at radius 1 is 0.933 bits per heavy atom. The fraction of sp³-hybridized carbons (Fsp3) is 0.100. The third kappa shape index (κ3) is 5.58. The first-order valence-electron chi connectivity index (χ1n) is 8.85. The average molecular weight is 442 g/mol. The molecule has 0 atom stereocenters. The summed E-state index contributed by atoms with van der Waals surface area (Å²) in [5.74, 6) is -0.329. The van der Waals surface area contributed by atoms with Gasteiger partial charge >= 0.3 is 0 Å². The quantitative estimate of drug-likeness (QED) is 0.522. The van der Waals surface area contributed by atoms with E-state index in [1.165, 1.54) is 24.3 Å². The number of sulfonamides is 1. The smallest absolute Gasteiger partial charge is 0.264 e. The lowest BCUT2D eigenvalue weighted by molar-refractivity contribution is 0.0977. The van der Waals surface area contributed by atoms with Crippen LogP contribution in [0.25, 0.3) is 0 Å². The largest absolute Gasteiger partial charge is 0.332 e. The molecule has 0 saturated carbocycles. The number of thiocarbonyl (C=S) groups is 1. The zero-order valence-corrected chi connectivity index (χ0v) is 17.8. The van der Waals surface area contributed by atoms with Crippen LogP contribution in [0.15, 0.2) is 65.6 Å². The number of amides is 1. The van der Waals surface area contributed by atoms with Crippen molar-refractivity contribution in [2.24, 2.45) is 0 Å². The van der Waals surface area contributed by atoms with Gasteiger partial charge in [0.05, 0.1) is 4.90 Å². The van der Waals surface area contributed by atoms with Crippen molar-refractivity contribution in [3.63, 3.8) is 0 Å². The predicted molar refractivity (Wildman–Crippen MR) is 119 cm³/mol. The highest BCUT2D eigenvalue weighted by molar-refractivity contribution is 7.92. The van der Waals surface area contributed by atoms with E-state index in [0.29, 0.717) is 22.6 Å². The molecule has 2 aromatic carbocycles. The van der Waals surface area contributed by atoms with Gasteiger partial charge in [0.25, 0.3) is 15.9 Å². The first kappa shape index (κ1) is 21.3. The Hall–Kier alpha value is -3.37. The fourth-order valence-electron chi connectivity index (χ4n) is 2.60. The molecule has 3 aromatic rings. The number of aryl methyl sites for hydroxylation is 2. The van der Waals surface area contributed by atoms with Gasteiger partial charge < -0.3 is 5.32 Å². The van der Waals surface area contributed by atoms with Gasteiger partial charge in [-0.25, -0.2) is 23.1 Å². The molecule has 0 aliphatic rings. The zero-order chi connectivity index (χ0) is 21.7. The van der Waals surface area contributed by atoms with Crippen molar-refractivity contribution < 1.29 is 13.2 Å². The highest BCUT2D eigenvalue weighted by Gasteiger charge is 2.16. The van der Waals surface area contributed by atoms with Crippen molar-refractivity contribution in [1.29, 1.82) is 0 Å². The molecule has 0 radical (unpaired) electrons. The number of rotatable bonds is 5. The summed E-state index contributed by atoms with van der Waals surface area (Å²) in [5, 5.41) is 5.51. The topological polar surface area (TPSA) is 113 Å². The molecule has 0 aliphatic carbocycles. The van der Waals surface area contributed by atoms with Crippen molar-refractivity contribution in [3.05, 3.63) is 77.6 Å². The Bertz CT molecular complexity index is 1160. The number of benzene rings is 2. The molecule has 30 heavy (non-hydrogen) atoms. The summed E-state index contributed by atoms with van der Waals surface area (Å²) in [7, 11) is -3.85. The van der Waals surface area contributed by atoms with Gasteiger partial charge in [-0.3, -0.25) is 10.1 Å². The number of hydrogen-bond acceptors (Lipinski definition) is 6. The van der Waals surface area contributed by atoms with Crippen molar-refractivity contribution in [3.8, 4) is 0 Å². The van der Waals surface area contributed by atoms with Gasteiger partial charge in [-0.1, -0.05) is 18.2 Å². The van der Waals surface area contributed by atoms with Crippen LogP contribution in [-0.2, 0) is 10.0 Å². The highest BCUT2D eigenvalue weighted by atomic mass is 32.2. The first-order valence-corrected chi connectivity index (χ1v) is 10.7. The number of aromatic nitrogens is 2. The van der Waals surface area contributed by atoms with Crippen LogP contribution in [0.5, 0.6) is 0 Å². The van der Waals surface area contributed by atoms with Crippen molar-refractivity contribution >= 4 is 44.9 Å². The third-order valence-corrected chi connectivity index (χ3v) is 5.44. The molecule has 0 aliphatic heterocycles. The maximum Gasteiger partial charge on any atom is 0.264 e. The normalized spacial score (nSPS) is 10.9. The molecule has 10 heteroatoms. The second-order valence-corrected chi connectivity index (χ2v) is 8.47. The van der Waals surface area contributed by atoms with Crippen LogP contribution in [0, 0.1) is 13.8 Å². The van der Waals surface area contributed by atoms with E-state index in [1.807, 2.05) is 6.07 Å². The van der Waals surface area contributed by atoms with E-state index in [-0.39, 0.29) is 21.9 Å². The molecule has 0 saturated heterocycles. The van der Waals surface area contributed by atoms with Crippen molar-refractivity contribution in [1.82, 2.24) is 15.3 Å². The van der Waals surface area contributed by atoms with Gasteiger partial charge in [-0.15, -0.1) is 0 Å². The van der Waals surface area contributed by atoms with Crippen LogP contribution < -0.4 is 15.4 Å². The van der Waals surface area contributed by atoms with Crippen LogP contribution in [0.3, 0.4) is 0 Å². The van der Waals surface area contributed by atoms with Crippen molar-refractivity contribution in [2.75, 3.05) is 10.0 Å². The van der Waals surface area contributed by atoms with Crippen LogP contribution in [-0.4, -0.2) is 29.4 Å². The Labute approximate surface area is 179 Å². The monoisotopic (exact) mass is 441 g/mol. The predicted octanol–water partition coefficient (Wildman–Crippen LogP) is 3.02. The lowest BCUT2D eigenvalue weighted by Crippen LogP contribution is -2.34. The van der Waals surface area contributed by atoms with Crippen LogP contribution in [0.4, 0.5) is 11.6 Å². The van der Waals surface area contributed by atoms with E-state index < -0.39 is 10.0 Å². The summed E-state index contributed by atoms with van der Waals surface area (Å²) in [6.07, 6.45) is 0. The minimum atomic E-state index is -3.85. The number of carbonyl (C=O) groups excluding carboxylic acids is 1. The second kappa shape index (κ2) is 8.97. The minimum Gasteiger partial charge on any atom is -0.332 e. The molecule has 3 rings (SSSR count). The van der Waals surface area contributed by atoms with E-state index in [4.69, 9.17) is 12.2 Å². The molecule has 1 heterocycles. The van der Waals surface area contributed by atoms with E-state index >= 15 is 0 Å². The Morgan fingerprint density at radius 2 is 1.53 bits per heavy atom. The van der Waals surface area contributed by atoms with E-state index in [9.17, 15) is 13.2 Å². The summed E-state index contributed by atoms with van der Waals surface area (Å²) in [6, 6.07) is 16.3. The molecule has 0 unspecified atom stereocenters. The summed E-state index contributed by atoms with van der Waals surface area (Å²) in [6.45, 7) is 3.51. The molecule has 0 bridgehead atoms. The standard InChI is InChI=1S/C20H19N5O3S2/c1-13-12-14(2)22-19(21-13)25-30(27,28)17-10-8-16(9-11-17)23-20(29)24-18(26)15-6-4-3-5-7-15/h3-12H,1-2H3,(H,21,22,25)(H2,23,24,26,29). The number of hydrogen-bond donors (Lipinski definition) is 3. The number of anilines is 2. The highest BCUT2D eigenvalue weighted by Crippen LogP contribution is 2.17. The maximum atomic E-state index is 12.6. The van der Waals surface area contributed by atoms with E-state index in [1.54, 1.807) is 44.2 Å². The molecular weight excluding hydrogens is 422 g/mol. The molecule has 154 valence electrons. The van der Waals surface area contributed by atoms with Gasteiger partial charge in [-0.05, 0) is 68.5 Å². The van der Waals surface area contributed by atoms with Crippen molar-refractivity contribution in [2.45, 2.75) is 18.7 Å². The zero-order valence-electron chi connectivity index (χ0n) is 16.2. The van der Waals surface area contributed by atoms with Gasteiger partial charge in [0, 0.05) is 22.6 Å². The second-order valence-electron chi connectivity index (χ2n) is 6.38. The Balaban J connectivity index is 1.65. The van der Waals surface area contributed by atoms with E-state index in [2.05, 4.69) is 25.3 Å². The number of nitrogens with one attached hydrogen (secondary N) is 3. The fourth-order valence-corrected chi connectivity index (χ4v) is 3.75. The lowest BCUT2D eigenvalue weighted by atomic mass is 10.2. The summed E-state index contributed by atoms with van der Waals surface area (Å²) < 4.78 is 27.5. The molecule has 3 N–H and O–H groups in total. The number of carbonyl (C=O) groups is 1. The van der Waals surface area contributed by atoms with Gasteiger partial charge in [0.15, 0.2) is 5.11 Å². The number of nitrogens with zero attached hydrogens (tertiary/aromatic N) is 2. The molecule has 0 fully saturated rings. The SMILES string of the molecule is Cc1cc(C)nc(NS(=O)(=O)c2ccc(NC(=S)NC(=O)c3ccccc3)cc2)n1. The van der Waals surface area contributed by atoms with Crippen LogP contribution >= 0.6 is 12.2 Å². The molecular formula is C20H19N5O3S2. The van der Waals surface area contributed by atoms with Gasteiger partial charge in [-0.2, -0.15) is 0 Å². The molecule has 1 aromatic heterocycles. The van der Waals surface area contributed by atoms with Gasteiger partial charge in [0.2, 0.25) is 5.95 Å². The Morgan fingerprint density at radius 3 is 2.13 bits per heavy atom. The first-order chi connectivity index (χ1) is 14.2. The molecule has 1 amide bonds. The lowest BCUT2D eigenvalue weighted by Gasteiger charge is -2.11. The molecule has 0 spiro atoms. The van der Waals surface area contributed by atoms with Gasteiger partial charge in [0.1, 0.15) is 0 Å². The summed E-state index contributed by atoms with van der Waals surface area (Å²) >= 11 is 5.14. The summed E-state index contributed by atoms with van der Waals surface area (Å²) in [4.78, 5) is 20.3. The van der Waals surface area contributed by atoms with Crippen LogP contribution in [0.2, 0.25) is 0 Å². The summed E-state index contributed by atoms with van der Waals surface area (Å²) in [5.41, 5.74) is 2.31. The minimum absolute atomic E-state index is 0.0134. The average Bonchev–Trinajstić information content (AvgIpc) is 2.67. The molecule has 8 nitrogen and oxygen atoms in total. The van der Waals surface area contributed by atoms with Crippen LogP contribution in [0.1, 0.15) is 21.7 Å².